The number of carbonyl (C=O) groups excluding carboxylic acids is 3. The van der Waals surface area contributed by atoms with Crippen molar-refractivity contribution in [2.24, 2.45) is 0 Å². The second-order valence-electron chi connectivity index (χ2n) is 13.1. The number of rotatable bonds is 7. The molecule has 2 aliphatic rings. The van der Waals surface area contributed by atoms with Crippen LogP contribution in [0.25, 0.3) is 33.0 Å². The first-order valence-electron chi connectivity index (χ1n) is 16.1. The van der Waals surface area contributed by atoms with E-state index in [1.165, 1.54) is 11.6 Å². The van der Waals surface area contributed by atoms with Crippen molar-refractivity contribution in [3.63, 3.8) is 0 Å². The Kier molecular flexibility index (Phi) is 8.04. The molecule has 0 radical (unpaired) electrons. The summed E-state index contributed by atoms with van der Waals surface area (Å²) in [5.41, 5.74) is 2.77. The first-order chi connectivity index (χ1) is 23.1. The van der Waals surface area contributed by atoms with Gasteiger partial charge in [0.05, 0.1) is 23.3 Å². The van der Waals surface area contributed by atoms with E-state index in [2.05, 4.69) is 4.98 Å². The summed E-state index contributed by atoms with van der Waals surface area (Å²) in [5, 5.41) is 1.26. The van der Waals surface area contributed by atoms with Crippen LogP contribution < -0.4 is 9.47 Å². The van der Waals surface area contributed by atoms with Crippen LogP contribution in [0.15, 0.2) is 79.1 Å². The minimum atomic E-state index is -0.776. The Morgan fingerprint density at radius 3 is 2.46 bits per heavy atom. The molecule has 246 valence electrons. The van der Waals surface area contributed by atoms with Gasteiger partial charge in [-0.3, -0.25) is 19.1 Å². The molecule has 2 aromatic heterocycles. The van der Waals surface area contributed by atoms with Crippen LogP contribution in [0.4, 0.5) is 4.79 Å². The number of amides is 2. The van der Waals surface area contributed by atoms with Crippen LogP contribution in [-0.2, 0) is 25.7 Å². The van der Waals surface area contributed by atoms with E-state index in [0.717, 1.165) is 35.2 Å². The zero-order valence-corrected chi connectivity index (χ0v) is 27.4. The molecule has 1 N–H and O–H groups in total. The monoisotopic (exact) mass is 647 g/mol. The Hall–Kier alpha value is -5.35. The fraction of sp³-hybridized carbons (Fsp3) is 0.289. The zero-order chi connectivity index (χ0) is 33.6. The van der Waals surface area contributed by atoms with Gasteiger partial charge in [0.15, 0.2) is 6.29 Å². The third kappa shape index (κ3) is 5.84. The third-order valence-corrected chi connectivity index (χ3v) is 8.51. The van der Waals surface area contributed by atoms with E-state index in [-0.39, 0.29) is 11.1 Å². The van der Waals surface area contributed by atoms with E-state index in [4.69, 9.17) is 18.9 Å². The van der Waals surface area contributed by atoms with Gasteiger partial charge in [0.1, 0.15) is 23.7 Å². The molecule has 0 saturated carbocycles. The minimum Gasteiger partial charge on any atom is -0.489 e. The summed E-state index contributed by atoms with van der Waals surface area (Å²) in [6.07, 6.45) is 5.00. The van der Waals surface area contributed by atoms with Crippen LogP contribution in [-0.4, -0.2) is 57.9 Å². The predicted molar refractivity (Wildman–Crippen MR) is 181 cm³/mol. The fourth-order valence-corrected chi connectivity index (χ4v) is 6.23. The number of likely N-dealkylation sites (N-methyl/N-ethyl adjacent to an activating group) is 1. The minimum absolute atomic E-state index is 0.178. The number of nitrogens with one attached hydrogen (secondary N) is 1. The number of aromatic amines is 1. The molecule has 0 aliphatic carbocycles. The summed E-state index contributed by atoms with van der Waals surface area (Å²) in [6, 6.07) is 20.7. The number of hydrogen-bond acceptors (Lipinski definition) is 7. The summed E-state index contributed by atoms with van der Waals surface area (Å²) < 4.78 is 25.4. The van der Waals surface area contributed by atoms with Crippen molar-refractivity contribution in [1.82, 2.24) is 14.5 Å². The topological polar surface area (TPSA) is 112 Å². The van der Waals surface area contributed by atoms with E-state index in [1.807, 2.05) is 48.5 Å². The molecule has 2 aliphatic heterocycles. The average molecular weight is 648 g/mol. The van der Waals surface area contributed by atoms with E-state index in [9.17, 15) is 14.4 Å². The molecule has 10 heteroatoms. The molecule has 0 spiro atoms. The molecular formula is C38H37N3O7. The van der Waals surface area contributed by atoms with E-state index < -0.39 is 29.8 Å². The molecular weight excluding hydrogens is 610 g/mol. The maximum Gasteiger partial charge on any atom is 0.419 e. The molecule has 10 nitrogen and oxygen atoms in total. The normalized spacial score (nSPS) is 17.1. The van der Waals surface area contributed by atoms with Gasteiger partial charge in [0, 0.05) is 59.3 Å². The van der Waals surface area contributed by atoms with Crippen LogP contribution in [0.1, 0.15) is 56.7 Å². The first-order valence-corrected chi connectivity index (χ1v) is 16.1. The summed E-state index contributed by atoms with van der Waals surface area (Å²) in [6.45, 7) is 6.31. The van der Waals surface area contributed by atoms with Gasteiger partial charge in [-0.05, 0) is 63.4 Å². The number of fused-ring (bicyclic) bond motifs is 2. The molecule has 1 atom stereocenters. The summed E-state index contributed by atoms with van der Waals surface area (Å²) >= 11 is 0. The molecule has 1 unspecified atom stereocenters. The summed E-state index contributed by atoms with van der Waals surface area (Å²) in [4.78, 5) is 45.9. The molecule has 1 saturated heterocycles. The lowest BCUT2D eigenvalue weighted by Crippen LogP contribution is -2.27. The van der Waals surface area contributed by atoms with Gasteiger partial charge < -0.3 is 23.9 Å². The second-order valence-corrected chi connectivity index (χ2v) is 13.1. The maximum atomic E-state index is 14.0. The van der Waals surface area contributed by atoms with E-state index >= 15 is 0 Å². The van der Waals surface area contributed by atoms with E-state index in [0.29, 0.717) is 52.1 Å². The van der Waals surface area contributed by atoms with Gasteiger partial charge in [0.2, 0.25) is 0 Å². The Bertz CT molecular complexity index is 2080. The Morgan fingerprint density at radius 2 is 1.73 bits per heavy atom. The number of imide groups is 1. The molecule has 1 fully saturated rings. The van der Waals surface area contributed by atoms with Gasteiger partial charge in [-0.1, -0.05) is 36.4 Å². The summed E-state index contributed by atoms with van der Waals surface area (Å²) in [5.74, 6) is 0.143. The molecule has 2 amide bonds. The lowest BCUT2D eigenvalue weighted by Gasteiger charge is -2.24. The van der Waals surface area contributed by atoms with Gasteiger partial charge in [0.25, 0.3) is 11.8 Å². The number of ether oxygens (including phenoxy) is 4. The van der Waals surface area contributed by atoms with Crippen molar-refractivity contribution in [1.29, 1.82) is 0 Å². The SMILES string of the molecule is CN1C(=O)C(c2cn(C(=O)OC(C)(C)C)c3cc(OCc4ccccc4)ccc23)=C(c2c[nH]c3cccc(OC4CCCCO4)c23)C1=O. The van der Waals surface area contributed by atoms with Crippen LogP contribution in [0, 0.1) is 0 Å². The quantitative estimate of drug-likeness (QED) is 0.185. The highest BCUT2D eigenvalue weighted by Crippen LogP contribution is 2.43. The Balaban J connectivity index is 1.38. The summed E-state index contributed by atoms with van der Waals surface area (Å²) in [7, 11) is 1.46. The van der Waals surface area contributed by atoms with Gasteiger partial charge in [-0.15, -0.1) is 0 Å². The standard InChI is InChI=1S/C38H37N3O7/c1-38(2,3)48-37(44)41-21-27(25-17-16-24(19-29(25)41)46-22-23-11-6-5-7-12-23)34-33(35(42)40(4)36(34)43)26-20-39-28-13-10-14-30(32(26)28)47-31-15-8-9-18-45-31/h5-7,10-14,16-17,19-21,31,39H,8-9,15,18,22H2,1-4H3. The highest BCUT2D eigenvalue weighted by molar-refractivity contribution is 6.50. The van der Waals surface area contributed by atoms with Crippen molar-refractivity contribution >= 4 is 50.9 Å². The lowest BCUT2D eigenvalue weighted by atomic mass is 9.95. The fourth-order valence-electron chi connectivity index (χ4n) is 6.23. The van der Waals surface area contributed by atoms with Gasteiger partial charge in [-0.25, -0.2) is 4.79 Å². The third-order valence-electron chi connectivity index (χ3n) is 8.51. The second kappa shape index (κ2) is 12.4. The zero-order valence-electron chi connectivity index (χ0n) is 27.4. The van der Waals surface area contributed by atoms with E-state index in [1.54, 1.807) is 51.4 Å². The average Bonchev–Trinajstić information content (AvgIpc) is 3.73. The highest BCUT2D eigenvalue weighted by Gasteiger charge is 2.40. The molecule has 5 aromatic rings. The lowest BCUT2D eigenvalue weighted by molar-refractivity contribution is -0.134. The van der Waals surface area contributed by atoms with Gasteiger partial charge in [-0.2, -0.15) is 0 Å². The molecule has 0 bridgehead atoms. The molecule has 4 heterocycles. The number of hydrogen-bond donors (Lipinski definition) is 1. The highest BCUT2D eigenvalue weighted by atomic mass is 16.7. The van der Waals surface area contributed by atoms with Crippen molar-refractivity contribution in [3.05, 3.63) is 95.8 Å². The maximum absolute atomic E-state index is 14.0. The number of nitrogens with zero attached hydrogens (tertiary/aromatic N) is 2. The Morgan fingerprint density at radius 1 is 0.958 bits per heavy atom. The van der Waals surface area contributed by atoms with Crippen LogP contribution >= 0.6 is 0 Å². The van der Waals surface area contributed by atoms with Crippen molar-refractivity contribution in [3.8, 4) is 11.5 Å². The van der Waals surface area contributed by atoms with Crippen molar-refractivity contribution in [2.45, 2.75) is 58.5 Å². The predicted octanol–water partition coefficient (Wildman–Crippen LogP) is 7.30. The van der Waals surface area contributed by atoms with Crippen molar-refractivity contribution < 1.29 is 33.3 Å². The first kappa shape index (κ1) is 31.3. The number of aromatic nitrogens is 2. The number of H-pyrrole nitrogens is 1. The van der Waals surface area contributed by atoms with Crippen LogP contribution in [0.3, 0.4) is 0 Å². The molecule has 48 heavy (non-hydrogen) atoms. The van der Waals surface area contributed by atoms with Crippen LogP contribution in [0.2, 0.25) is 0 Å². The number of carbonyl (C=O) groups is 3. The van der Waals surface area contributed by atoms with Crippen LogP contribution in [0.5, 0.6) is 11.5 Å². The Labute approximate surface area is 277 Å². The molecule has 3 aromatic carbocycles. The largest absolute Gasteiger partial charge is 0.489 e. The smallest absolute Gasteiger partial charge is 0.419 e. The molecule has 7 rings (SSSR count). The van der Waals surface area contributed by atoms with Crippen molar-refractivity contribution in [2.75, 3.05) is 13.7 Å². The van der Waals surface area contributed by atoms with Gasteiger partial charge >= 0.3 is 6.09 Å². The number of benzene rings is 3.